The van der Waals surface area contributed by atoms with Crippen LogP contribution >= 0.6 is 0 Å². The van der Waals surface area contributed by atoms with E-state index in [4.69, 9.17) is 14.6 Å². The Bertz CT molecular complexity index is 395. The van der Waals surface area contributed by atoms with Crippen molar-refractivity contribution in [1.82, 2.24) is 10.6 Å². The molecule has 0 radical (unpaired) electrons. The van der Waals surface area contributed by atoms with Crippen molar-refractivity contribution >= 4 is 6.03 Å². The summed E-state index contributed by atoms with van der Waals surface area (Å²) in [6.07, 6.45) is 2.53. The van der Waals surface area contributed by atoms with E-state index in [0.717, 1.165) is 25.0 Å². The van der Waals surface area contributed by atoms with Gasteiger partial charge >= 0.3 is 6.03 Å². The summed E-state index contributed by atoms with van der Waals surface area (Å²) in [6.45, 7) is 3.45. The number of carbonyl (C=O) groups excluding carboxylic acids is 1. The van der Waals surface area contributed by atoms with Crippen molar-refractivity contribution in [2.45, 2.75) is 26.2 Å². The molecule has 0 bridgehead atoms. The van der Waals surface area contributed by atoms with Crippen molar-refractivity contribution < 1.29 is 19.4 Å². The molecular formula is C15H24N2O4. The number of nitrogens with one attached hydrogen (secondary N) is 2. The summed E-state index contributed by atoms with van der Waals surface area (Å²) in [5, 5.41) is 14.0. The average Bonchev–Trinajstić information content (AvgIpc) is 2.49. The Morgan fingerprint density at radius 3 is 2.33 bits per heavy atom. The molecule has 0 aliphatic heterocycles. The van der Waals surface area contributed by atoms with Crippen LogP contribution in [0, 0.1) is 0 Å². The zero-order valence-electron chi connectivity index (χ0n) is 12.4. The molecule has 0 atom stereocenters. The van der Waals surface area contributed by atoms with E-state index in [1.54, 1.807) is 12.1 Å². The lowest BCUT2D eigenvalue weighted by Crippen LogP contribution is -2.38. The molecule has 0 fully saturated rings. The van der Waals surface area contributed by atoms with Gasteiger partial charge < -0.3 is 25.2 Å². The molecule has 0 aliphatic carbocycles. The van der Waals surface area contributed by atoms with Gasteiger partial charge in [-0.1, -0.05) is 0 Å². The molecule has 0 unspecified atom stereocenters. The van der Waals surface area contributed by atoms with Gasteiger partial charge in [0, 0.05) is 13.2 Å². The number of aliphatic hydroxyl groups excluding tert-OH is 1. The molecule has 6 nitrogen and oxygen atoms in total. The van der Waals surface area contributed by atoms with Crippen molar-refractivity contribution in [2.75, 3.05) is 26.5 Å². The van der Waals surface area contributed by atoms with Crippen LogP contribution in [0.1, 0.15) is 26.2 Å². The lowest BCUT2D eigenvalue weighted by Gasteiger charge is -2.10. The number of urea groups is 1. The molecule has 0 saturated heterocycles. The van der Waals surface area contributed by atoms with Crippen LogP contribution in [0.25, 0.3) is 0 Å². The fourth-order valence-electron chi connectivity index (χ4n) is 1.66. The van der Waals surface area contributed by atoms with Crippen LogP contribution in [-0.4, -0.2) is 37.6 Å². The summed E-state index contributed by atoms with van der Waals surface area (Å²) in [6, 6.07) is 6.96. The quantitative estimate of drug-likeness (QED) is 0.455. The first-order valence-electron chi connectivity index (χ1n) is 7.24. The maximum atomic E-state index is 11.4. The van der Waals surface area contributed by atoms with Crippen molar-refractivity contribution in [2.24, 2.45) is 0 Å². The van der Waals surface area contributed by atoms with Crippen molar-refractivity contribution in [1.29, 1.82) is 0 Å². The first-order valence-corrected chi connectivity index (χ1v) is 7.24. The third-order valence-electron chi connectivity index (χ3n) is 2.73. The number of carbonyl (C=O) groups is 1. The SMILES string of the molecule is CCOc1ccc(OCNC(=O)NCCCCCO)cc1. The van der Waals surface area contributed by atoms with E-state index in [0.29, 0.717) is 18.9 Å². The zero-order valence-corrected chi connectivity index (χ0v) is 12.4. The highest BCUT2D eigenvalue weighted by Gasteiger charge is 2.00. The largest absolute Gasteiger partial charge is 0.494 e. The fraction of sp³-hybridized carbons (Fsp3) is 0.533. The Kier molecular flexibility index (Phi) is 8.79. The van der Waals surface area contributed by atoms with Crippen molar-refractivity contribution in [3.05, 3.63) is 24.3 Å². The van der Waals surface area contributed by atoms with E-state index in [2.05, 4.69) is 10.6 Å². The first-order chi connectivity index (χ1) is 10.3. The van der Waals surface area contributed by atoms with Crippen LogP contribution in [-0.2, 0) is 0 Å². The summed E-state index contributed by atoms with van der Waals surface area (Å²) in [5.74, 6) is 1.46. The van der Waals surface area contributed by atoms with E-state index < -0.39 is 0 Å². The van der Waals surface area contributed by atoms with Gasteiger partial charge in [-0.2, -0.15) is 0 Å². The number of hydrogen-bond acceptors (Lipinski definition) is 4. The highest BCUT2D eigenvalue weighted by atomic mass is 16.5. The number of benzene rings is 1. The molecular weight excluding hydrogens is 272 g/mol. The van der Waals surface area contributed by atoms with Gasteiger partial charge in [0.2, 0.25) is 0 Å². The molecule has 21 heavy (non-hydrogen) atoms. The molecule has 3 N–H and O–H groups in total. The molecule has 0 aromatic heterocycles. The minimum Gasteiger partial charge on any atom is -0.494 e. The van der Waals surface area contributed by atoms with Gasteiger partial charge in [-0.25, -0.2) is 4.79 Å². The summed E-state index contributed by atoms with van der Waals surface area (Å²) < 4.78 is 10.7. The van der Waals surface area contributed by atoms with Crippen LogP contribution in [0.3, 0.4) is 0 Å². The minimum atomic E-state index is -0.259. The lowest BCUT2D eigenvalue weighted by atomic mass is 10.2. The predicted octanol–water partition coefficient (Wildman–Crippen LogP) is 1.88. The average molecular weight is 296 g/mol. The maximum Gasteiger partial charge on any atom is 0.317 e. The Morgan fingerprint density at radius 2 is 1.71 bits per heavy atom. The summed E-state index contributed by atoms with van der Waals surface area (Å²) in [5.41, 5.74) is 0. The molecule has 118 valence electrons. The monoisotopic (exact) mass is 296 g/mol. The molecule has 0 saturated carbocycles. The van der Waals surface area contributed by atoms with E-state index in [-0.39, 0.29) is 19.4 Å². The van der Waals surface area contributed by atoms with Crippen molar-refractivity contribution in [3.8, 4) is 11.5 Å². The van der Waals surface area contributed by atoms with Gasteiger partial charge in [-0.3, -0.25) is 0 Å². The van der Waals surface area contributed by atoms with Gasteiger partial charge in [0.15, 0.2) is 6.73 Å². The molecule has 6 heteroatoms. The summed E-state index contributed by atoms with van der Waals surface area (Å²) >= 11 is 0. The van der Waals surface area contributed by atoms with Crippen LogP contribution < -0.4 is 20.1 Å². The molecule has 1 rings (SSSR count). The number of rotatable bonds is 10. The van der Waals surface area contributed by atoms with Gasteiger partial charge in [-0.15, -0.1) is 0 Å². The second-order valence-electron chi connectivity index (χ2n) is 4.41. The second-order valence-corrected chi connectivity index (χ2v) is 4.41. The predicted molar refractivity (Wildman–Crippen MR) is 80.6 cm³/mol. The number of hydrogen-bond donors (Lipinski definition) is 3. The Labute approximate surface area is 125 Å². The number of ether oxygens (including phenoxy) is 2. The highest BCUT2D eigenvalue weighted by Crippen LogP contribution is 2.17. The van der Waals surface area contributed by atoms with Crippen LogP contribution in [0.4, 0.5) is 4.79 Å². The third-order valence-corrected chi connectivity index (χ3v) is 2.73. The van der Waals surface area contributed by atoms with Gasteiger partial charge in [0.1, 0.15) is 11.5 Å². The van der Waals surface area contributed by atoms with Crippen LogP contribution in [0.15, 0.2) is 24.3 Å². The molecule has 0 spiro atoms. The van der Waals surface area contributed by atoms with E-state index in [9.17, 15) is 4.79 Å². The van der Waals surface area contributed by atoms with E-state index in [1.807, 2.05) is 19.1 Å². The normalized spacial score (nSPS) is 10.0. The highest BCUT2D eigenvalue weighted by molar-refractivity contribution is 5.73. The Hall–Kier alpha value is -1.95. The zero-order chi connectivity index (χ0) is 15.3. The molecule has 2 amide bonds. The topological polar surface area (TPSA) is 79.8 Å². The summed E-state index contributed by atoms with van der Waals surface area (Å²) in [4.78, 5) is 11.4. The standard InChI is InChI=1S/C15H24N2O4/c1-2-20-13-6-8-14(9-7-13)21-12-17-15(19)16-10-4-3-5-11-18/h6-9,18H,2-5,10-12H2,1H3,(H2,16,17,19). The first kappa shape index (κ1) is 17.1. The fourth-order valence-corrected chi connectivity index (χ4v) is 1.66. The number of aliphatic hydroxyl groups is 1. The van der Waals surface area contributed by atoms with Gasteiger partial charge in [0.05, 0.1) is 6.61 Å². The third kappa shape index (κ3) is 8.04. The Morgan fingerprint density at radius 1 is 1.05 bits per heavy atom. The minimum absolute atomic E-state index is 0.108. The summed E-state index contributed by atoms with van der Waals surface area (Å²) in [7, 11) is 0. The second kappa shape index (κ2) is 10.8. The lowest BCUT2D eigenvalue weighted by molar-refractivity contribution is 0.223. The molecule has 0 aliphatic rings. The van der Waals surface area contributed by atoms with Crippen LogP contribution in [0.5, 0.6) is 11.5 Å². The maximum absolute atomic E-state index is 11.4. The van der Waals surface area contributed by atoms with Gasteiger partial charge in [0.25, 0.3) is 0 Å². The van der Waals surface area contributed by atoms with E-state index >= 15 is 0 Å². The number of amides is 2. The smallest absolute Gasteiger partial charge is 0.317 e. The van der Waals surface area contributed by atoms with E-state index in [1.165, 1.54) is 0 Å². The van der Waals surface area contributed by atoms with Gasteiger partial charge in [-0.05, 0) is 50.5 Å². The van der Waals surface area contributed by atoms with Crippen molar-refractivity contribution in [3.63, 3.8) is 0 Å². The molecule has 1 aromatic rings. The number of unbranched alkanes of at least 4 members (excludes halogenated alkanes) is 2. The molecule has 0 heterocycles. The molecule has 1 aromatic carbocycles. The van der Waals surface area contributed by atoms with Crippen LogP contribution in [0.2, 0.25) is 0 Å². The Balaban J connectivity index is 2.10.